The molecule has 4 heteroatoms. The van der Waals surface area contributed by atoms with Gasteiger partial charge < -0.3 is 15.0 Å². The van der Waals surface area contributed by atoms with E-state index in [-0.39, 0.29) is 0 Å². The van der Waals surface area contributed by atoms with Gasteiger partial charge in [-0.3, -0.25) is 4.79 Å². The third-order valence-corrected chi connectivity index (χ3v) is 4.02. The number of amides is 1. The molecule has 1 atom stereocenters. The smallest absolute Gasteiger partial charge is 0.222 e. The fourth-order valence-corrected chi connectivity index (χ4v) is 2.77. The predicted octanol–water partition coefficient (Wildman–Crippen LogP) is 1.94. The van der Waals surface area contributed by atoms with Gasteiger partial charge >= 0.3 is 0 Å². The molecule has 1 N–H and O–H groups in total. The van der Waals surface area contributed by atoms with E-state index in [0.29, 0.717) is 31.0 Å². The van der Waals surface area contributed by atoms with Gasteiger partial charge in [0.1, 0.15) is 0 Å². The molecule has 0 aromatic rings. The number of nitrogens with one attached hydrogen (secondary N) is 1. The number of carbonyl (C=O) groups excluding carboxylic acids is 1. The molecule has 1 unspecified atom stereocenters. The second-order valence-electron chi connectivity index (χ2n) is 5.72. The van der Waals surface area contributed by atoms with Gasteiger partial charge in [-0.05, 0) is 45.6 Å². The van der Waals surface area contributed by atoms with Crippen LogP contribution < -0.4 is 5.32 Å². The van der Waals surface area contributed by atoms with E-state index in [1.807, 2.05) is 6.92 Å². The monoisotopic (exact) mass is 268 g/mol. The Morgan fingerprint density at radius 3 is 2.79 bits per heavy atom. The lowest BCUT2D eigenvalue weighted by molar-refractivity contribution is -0.132. The molecule has 1 aliphatic carbocycles. The summed E-state index contributed by atoms with van der Waals surface area (Å²) in [4.78, 5) is 14.4. The van der Waals surface area contributed by atoms with Crippen LogP contribution in [0, 0.1) is 0 Å². The molecule has 19 heavy (non-hydrogen) atoms. The van der Waals surface area contributed by atoms with Crippen molar-refractivity contribution in [3.05, 3.63) is 0 Å². The fraction of sp³-hybridized carbons (Fsp3) is 0.933. The Labute approximate surface area is 116 Å². The average Bonchev–Trinajstić information content (AvgIpc) is 3.26. The highest BCUT2D eigenvalue weighted by atomic mass is 16.5. The van der Waals surface area contributed by atoms with Gasteiger partial charge in [-0.25, -0.2) is 0 Å². The minimum absolute atomic E-state index is 0.328. The SMILES string of the molecule is CCOCCCC(=O)N(CC1CCCCN1)C1CC1. The van der Waals surface area contributed by atoms with E-state index in [1.54, 1.807) is 0 Å². The van der Waals surface area contributed by atoms with Gasteiger partial charge in [0.25, 0.3) is 0 Å². The van der Waals surface area contributed by atoms with Gasteiger partial charge in [0.2, 0.25) is 5.91 Å². The number of rotatable bonds is 8. The normalized spacial score (nSPS) is 23.3. The number of hydrogen-bond acceptors (Lipinski definition) is 3. The minimum Gasteiger partial charge on any atom is -0.382 e. The van der Waals surface area contributed by atoms with E-state index in [2.05, 4.69) is 10.2 Å². The summed E-state index contributed by atoms with van der Waals surface area (Å²) in [5, 5.41) is 3.54. The first-order valence-corrected chi connectivity index (χ1v) is 7.92. The van der Waals surface area contributed by atoms with Crippen molar-refractivity contribution in [3.63, 3.8) is 0 Å². The van der Waals surface area contributed by atoms with E-state index in [1.165, 1.54) is 32.1 Å². The van der Waals surface area contributed by atoms with Crippen LogP contribution in [0.3, 0.4) is 0 Å². The van der Waals surface area contributed by atoms with Crippen LogP contribution in [0.25, 0.3) is 0 Å². The molecule has 1 heterocycles. The van der Waals surface area contributed by atoms with E-state index >= 15 is 0 Å². The zero-order valence-electron chi connectivity index (χ0n) is 12.2. The van der Waals surface area contributed by atoms with Crippen LogP contribution in [-0.4, -0.2) is 49.2 Å². The molecule has 0 aromatic carbocycles. The lowest BCUT2D eigenvalue weighted by atomic mass is 10.0. The minimum atomic E-state index is 0.328. The topological polar surface area (TPSA) is 41.6 Å². The Hall–Kier alpha value is -0.610. The Kier molecular flexibility index (Phi) is 6.11. The summed E-state index contributed by atoms with van der Waals surface area (Å²) in [5.41, 5.74) is 0. The molecule has 0 aromatic heterocycles. The summed E-state index contributed by atoms with van der Waals surface area (Å²) in [6.07, 6.45) is 7.69. The molecule has 2 fully saturated rings. The first kappa shape index (κ1) is 14.8. The second kappa shape index (κ2) is 7.85. The first-order valence-electron chi connectivity index (χ1n) is 7.92. The average molecular weight is 268 g/mol. The molecular weight excluding hydrogens is 240 g/mol. The Balaban J connectivity index is 1.73. The van der Waals surface area contributed by atoms with Gasteiger partial charge in [0.05, 0.1) is 0 Å². The quantitative estimate of drug-likeness (QED) is 0.684. The molecule has 0 bridgehead atoms. The maximum atomic E-state index is 12.3. The van der Waals surface area contributed by atoms with Crippen molar-refractivity contribution in [2.45, 2.75) is 64.0 Å². The Morgan fingerprint density at radius 1 is 1.32 bits per heavy atom. The summed E-state index contributed by atoms with van der Waals surface area (Å²) in [6.45, 7) is 5.47. The van der Waals surface area contributed by atoms with Crippen LogP contribution in [0.1, 0.15) is 51.9 Å². The zero-order chi connectivity index (χ0) is 13.5. The second-order valence-corrected chi connectivity index (χ2v) is 5.72. The number of piperidine rings is 1. The zero-order valence-corrected chi connectivity index (χ0v) is 12.2. The van der Waals surface area contributed by atoms with E-state index in [0.717, 1.165) is 26.1 Å². The predicted molar refractivity (Wildman–Crippen MR) is 76.1 cm³/mol. The van der Waals surface area contributed by atoms with Crippen molar-refractivity contribution in [1.82, 2.24) is 10.2 Å². The highest BCUT2D eigenvalue weighted by Crippen LogP contribution is 2.28. The van der Waals surface area contributed by atoms with Crippen LogP contribution in [0.2, 0.25) is 0 Å². The fourth-order valence-electron chi connectivity index (χ4n) is 2.77. The largest absolute Gasteiger partial charge is 0.382 e. The molecule has 110 valence electrons. The molecular formula is C15H28N2O2. The Morgan fingerprint density at radius 2 is 2.16 bits per heavy atom. The standard InChI is InChI=1S/C15H28N2O2/c1-2-19-11-5-7-15(18)17(14-8-9-14)12-13-6-3-4-10-16-13/h13-14,16H,2-12H2,1H3. The van der Waals surface area contributed by atoms with Crippen LogP contribution >= 0.6 is 0 Å². The van der Waals surface area contributed by atoms with Crippen molar-refractivity contribution >= 4 is 5.91 Å². The number of nitrogens with zero attached hydrogens (tertiary/aromatic N) is 1. The molecule has 1 aliphatic heterocycles. The number of hydrogen-bond donors (Lipinski definition) is 1. The molecule has 2 rings (SSSR count). The van der Waals surface area contributed by atoms with Crippen LogP contribution in [-0.2, 0) is 9.53 Å². The van der Waals surface area contributed by atoms with Gasteiger partial charge in [0.15, 0.2) is 0 Å². The van der Waals surface area contributed by atoms with Crippen molar-refractivity contribution < 1.29 is 9.53 Å². The maximum Gasteiger partial charge on any atom is 0.222 e. The highest BCUT2D eigenvalue weighted by molar-refractivity contribution is 5.76. The molecule has 0 radical (unpaired) electrons. The summed E-state index contributed by atoms with van der Waals surface area (Å²) in [5.74, 6) is 0.328. The van der Waals surface area contributed by atoms with Gasteiger partial charge in [0, 0.05) is 38.3 Å². The summed E-state index contributed by atoms with van der Waals surface area (Å²) in [6, 6.07) is 1.05. The van der Waals surface area contributed by atoms with Crippen LogP contribution in [0.15, 0.2) is 0 Å². The Bertz CT molecular complexity index is 273. The maximum absolute atomic E-state index is 12.3. The number of ether oxygens (including phenoxy) is 1. The lowest BCUT2D eigenvalue weighted by Crippen LogP contribution is -2.46. The molecule has 4 nitrogen and oxygen atoms in total. The first-order chi connectivity index (χ1) is 9.31. The van der Waals surface area contributed by atoms with Crippen LogP contribution in [0.5, 0.6) is 0 Å². The molecule has 1 saturated heterocycles. The van der Waals surface area contributed by atoms with Crippen molar-refractivity contribution in [2.75, 3.05) is 26.3 Å². The summed E-state index contributed by atoms with van der Waals surface area (Å²) < 4.78 is 5.31. The summed E-state index contributed by atoms with van der Waals surface area (Å²) >= 11 is 0. The van der Waals surface area contributed by atoms with E-state index in [9.17, 15) is 4.79 Å². The van der Waals surface area contributed by atoms with Gasteiger partial charge in [-0.1, -0.05) is 6.42 Å². The van der Waals surface area contributed by atoms with Crippen molar-refractivity contribution in [1.29, 1.82) is 0 Å². The molecule has 2 aliphatic rings. The van der Waals surface area contributed by atoms with E-state index < -0.39 is 0 Å². The molecule has 1 saturated carbocycles. The lowest BCUT2D eigenvalue weighted by Gasteiger charge is -2.31. The number of carbonyl (C=O) groups is 1. The van der Waals surface area contributed by atoms with Crippen LogP contribution in [0.4, 0.5) is 0 Å². The van der Waals surface area contributed by atoms with E-state index in [4.69, 9.17) is 4.74 Å². The van der Waals surface area contributed by atoms with Crippen molar-refractivity contribution in [3.8, 4) is 0 Å². The molecule has 1 amide bonds. The highest BCUT2D eigenvalue weighted by Gasteiger charge is 2.33. The third-order valence-electron chi connectivity index (χ3n) is 4.02. The van der Waals surface area contributed by atoms with Gasteiger partial charge in [-0.2, -0.15) is 0 Å². The van der Waals surface area contributed by atoms with Gasteiger partial charge in [-0.15, -0.1) is 0 Å². The summed E-state index contributed by atoms with van der Waals surface area (Å²) in [7, 11) is 0. The third kappa shape index (κ3) is 5.11. The van der Waals surface area contributed by atoms with Crippen molar-refractivity contribution in [2.24, 2.45) is 0 Å². The molecule has 0 spiro atoms.